The van der Waals surface area contributed by atoms with E-state index in [-0.39, 0.29) is 17.9 Å². The van der Waals surface area contributed by atoms with Crippen molar-refractivity contribution in [3.63, 3.8) is 0 Å². The van der Waals surface area contributed by atoms with E-state index in [1.807, 2.05) is 32.9 Å². The van der Waals surface area contributed by atoms with E-state index in [1.165, 1.54) is 11.8 Å². The third kappa shape index (κ3) is 12.1. The van der Waals surface area contributed by atoms with E-state index in [9.17, 15) is 19.5 Å². The SMILES string of the molecule is CC=C[C@@H]1C[C@H](C(=O)OC(C)(C)C)N(C(=O)OC(C)(C)C)[C@@H]1CC(O)CC.CCNC(C)=O. The van der Waals surface area contributed by atoms with Gasteiger partial charge in [-0.05, 0) is 74.7 Å². The lowest BCUT2D eigenvalue weighted by Gasteiger charge is -2.34. The van der Waals surface area contributed by atoms with E-state index < -0.39 is 35.4 Å². The molecule has 0 aromatic heterocycles. The molecule has 0 spiro atoms. The molecule has 1 fully saturated rings. The van der Waals surface area contributed by atoms with Crippen LogP contribution in [-0.2, 0) is 19.1 Å². The van der Waals surface area contributed by atoms with Crippen molar-refractivity contribution in [2.45, 2.75) is 118 Å². The highest BCUT2D eigenvalue weighted by Crippen LogP contribution is 2.36. The molecule has 8 heteroatoms. The Hall–Kier alpha value is -2.09. The van der Waals surface area contributed by atoms with Crippen LogP contribution in [0.15, 0.2) is 12.2 Å². The van der Waals surface area contributed by atoms with Crippen LogP contribution in [0.4, 0.5) is 4.79 Å². The molecular formula is C25H46N2O6. The standard InChI is InChI=1S/C21H37NO5.C4H9NO/c1-9-11-14-12-17(18(24)26-20(3,4)5)22(16(14)13-15(23)10-2)19(25)27-21(6,7)8;1-3-5-4(2)6/h9,11,14-17,23H,10,12-13H2,1-8H3;3H2,1-2H3,(H,5,6)/t14-,15?,16-,17-;/m1./s1. The van der Waals surface area contributed by atoms with Gasteiger partial charge in [0.1, 0.15) is 17.2 Å². The minimum atomic E-state index is -0.727. The molecule has 1 rings (SSSR count). The van der Waals surface area contributed by atoms with Gasteiger partial charge in [-0.2, -0.15) is 0 Å². The molecule has 1 aliphatic heterocycles. The first-order valence-electron chi connectivity index (χ1n) is 11.9. The summed E-state index contributed by atoms with van der Waals surface area (Å²) in [6, 6.07) is -1.04. The van der Waals surface area contributed by atoms with Gasteiger partial charge < -0.3 is 19.9 Å². The van der Waals surface area contributed by atoms with Crippen LogP contribution in [0.5, 0.6) is 0 Å². The first-order valence-corrected chi connectivity index (χ1v) is 11.9. The van der Waals surface area contributed by atoms with Gasteiger partial charge in [0.15, 0.2) is 0 Å². The number of allylic oxidation sites excluding steroid dienone is 1. The van der Waals surface area contributed by atoms with Gasteiger partial charge in [-0.1, -0.05) is 19.1 Å². The number of nitrogens with zero attached hydrogens (tertiary/aromatic N) is 1. The molecular weight excluding hydrogens is 424 g/mol. The molecule has 8 nitrogen and oxygen atoms in total. The zero-order valence-corrected chi connectivity index (χ0v) is 22.2. The summed E-state index contributed by atoms with van der Waals surface area (Å²) in [5.41, 5.74) is -1.32. The summed E-state index contributed by atoms with van der Waals surface area (Å²) in [7, 11) is 0. The molecule has 0 aliphatic carbocycles. The Labute approximate surface area is 200 Å². The van der Waals surface area contributed by atoms with E-state index in [0.29, 0.717) is 19.3 Å². The van der Waals surface area contributed by atoms with Crippen molar-refractivity contribution >= 4 is 18.0 Å². The molecule has 2 amide bonds. The second-order valence-electron chi connectivity index (χ2n) is 10.3. The first kappa shape index (κ1) is 30.9. The van der Waals surface area contributed by atoms with Gasteiger partial charge in [0.2, 0.25) is 5.91 Å². The van der Waals surface area contributed by atoms with Crippen molar-refractivity contribution in [1.82, 2.24) is 10.2 Å². The lowest BCUT2D eigenvalue weighted by Crippen LogP contribution is -2.50. The fraction of sp³-hybridized carbons (Fsp3) is 0.800. The number of carbonyl (C=O) groups is 3. The summed E-state index contributed by atoms with van der Waals surface area (Å²) in [5, 5.41) is 12.8. The van der Waals surface area contributed by atoms with Gasteiger partial charge in [0, 0.05) is 25.4 Å². The average Bonchev–Trinajstić information content (AvgIpc) is 2.98. The van der Waals surface area contributed by atoms with Crippen LogP contribution in [-0.4, -0.2) is 63.9 Å². The Morgan fingerprint density at radius 1 is 1.09 bits per heavy atom. The van der Waals surface area contributed by atoms with Crippen LogP contribution in [0.2, 0.25) is 0 Å². The number of ether oxygens (including phenoxy) is 2. The molecule has 2 N–H and O–H groups in total. The third-order valence-corrected chi connectivity index (χ3v) is 4.82. The highest BCUT2D eigenvalue weighted by atomic mass is 16.6. The van der Waals surface area contributed by atoms with Crippen molar-refractivity contribution in [3.8, 4) is 0 Å². The van der Waals surface area contributed by atoms with Crippen LogP contribution < -0.4 is 5.32 Å². The number of esters is 1. The van der Waals surface area contributed by atoms with Gasteiger partial charge in [0.25, 0.3) is 0 Å². The maximum absolute atomic E-state index is 13.0. The fourth-order valence-electron chi connectivity index (χ4n) is 3.56. The van der Waals surface area contributed by atoms with Crippen LogP contribution >= 0.6 is 0 Å². The second-order valence-corrected chi connectivity index (χ2v) is 10.3. The number of hydrogen-bond acceptors (Lipinski definition) is 6. The largest absolute Gasteiger partial charge is 0.458 e. The van der Waals surface area contributed by atoms with Crippen molar-refractivity contribution < 1.29 is 29.0 Å². The molecule has 0 bridgehead atoms. The van der Waals surface area contributed by atoms with Crippen LogP contribution in [0.1, 0.15) is 88.5 Å². The van der Waals surface area contributed by atoms with Gasteiger partial charge in [-0.3, -0.25) is 9.69 Å². The van der Waals surface area contributed by atoms with Gasteiger partial charge in [0.05, 0.1) is 6.10 Å². The predicted molar refractivity (Wildman–Crippen MR) is 130 cm³/mol. The average molecular weight is 471 g/mol. The minimum absolute atomic E-state index is 0.0394. The Morgan fingerprint density at radius 3 is 2.00 bits per heavy atom. The van der Waals surface area contributed by atoms with E-state index in [2.05, 4.69) is 5.32 Å². The molecule has 0 saturated carbocycles. The number of aliphatic hydroxyl groups excluding tert-OH is 1. The summed E-state index contributed by atoms with van der Waals surface area (Å²) in [6.07, 6.45) is 4.25. The van der Waals surface area contributed by atoms with Crippen LogP contribution in [0.25, 0.3) is 0 Å². The lowest BCUT2D eigenvalue weighted by molar-refractivity contribution is -0.160. The summed E-state index contributed by atoms with van der Waals surface area (Å²) in [4.78, 5) is 37.2. The van der Waals surface area contributed by atoms with Crippen molar-refractivity contribution in [2.24, 2.45) is 5.92 Å². The first-order chi connectivity index (χ1) is 15.1. The molecule has 1 heterocycles. The molecule has 4 atom stereocenters. The van der Waals surface area contributed by atoms with Crippen LogP contribution in [0.3, 0.4) is 0 Å². The van der Waals surface area contributed by atoms with Crippen molar-refractivity contribution in [3.05, 3.63) is 12.2 Å². The monoisotopic (exact) mass is 470 g/mol. The normalized spacial score (nSPS) is 21.8. The van der Waals surface area contributed by atoms with Gasteiger partial charge >= 0.3 is 12.1 Å². The number of likely N-dealkylation sites (tertiary alicyclic amines) is 1. The number of carbonyl (C=O) groups excluding carboxylic acids is 3. The highest BCUT2D eigenvalue weighted by Gasteiger charge is 2.49. The summed E-state index contributed by atoms with van der Waals surface area (Å²) >= 11 is 0. The number of hydrogen-bond donors (Lipinski definition) is 2. The maximum atomic E-state index is 13.0. The Bertz CT molecular complexity index is 663. The molecule has 192 valence electrons. The van der Waals surface area contributed by atoms with E-state index in [1.54, 1.807) is 41.5 Å². The fourth-order valence-corrected chi connectivity index (χ4v) is 3.56. The lowest BCUT2D eigenvalue weighted by atomic mass is 9.93. The second kappa shape index (κ2) is 13.6. The van der Waals surface area contributed by atoms with Gasteiger partial charge in [-0.25, -0.2) is 9.59 Å². The van der Waals surface area contributed by atoms with Gasteiger partial charge in [-0.15, -0.1) is 0 Å². The van der Waals surface area contributed by atoms with E-state index in [4.69, 9.17) is 9.47 Å². The number of amides is 2. The summed E-state index contributed by atoms with van der Waals surface area (Å²) in [6.45, 7) is 18.7. The number of nitrogens with one attached hydrogen (secondary N) is 1. The van der Waals surface area contributed by atoms with Crippen molar-refractivity contribution in [2.75, 3.05) is 6.54 Å². The third-order valence-electron chi connectivity index (χ3n) is 4.82. The highest BCUT2D eigenvalue weighted by molar-refractivity contribution is 5.83. The zero-order valence-electron chi connectivity index (χ0n) is 22.2. The number of aliphatic hydroxyl groups is 1. The Morgan fingerprint density at radius 2 is 1.64 bits per heavy atom. The minimum Gasteiger partial charge on any atom is -0.458 e. The zero-order chi connectivity index (χ0) is 26.0. The smallest absolute Gasteiger partial charge is 0.411 e. The summed E-state index contributed by atoms with van der Waals surface area (Å²) in [5.74, 6) is -0.435. The van der Waals surface area contributed by atoms with E-state index in [0.717, 1.165) is 6.54 Å². The van der Waals surface area contributed by atoms with Crippen LogP contribution in [0, 0.1) is 5.92 Å². The molecule has 1 aliphatic rings. The topological polar surface area (TPSA) is 105 Å². The predicted octanol–water partition coefficient (Wildman–Crippen LogP) is 4.20. The molecule has 1 unspecified atom stereocenters. The quantitative estimate of drug-likeness (QED) is 0.445. The van der Waals surface area contributed by atoms with Crippen molar-refractivity contribution in [1.29, 1.82) is 0 Å². The molecule has 33 heavy (non-hydrogen) atoms. The Kier molecular flexibility index (Phi) is 12.7. The maximum Gasteiger partial charge on any atom is 0.411 e. The number of rotatable bonds is 6. The van der Waals surface area contributed by atoms with E-state index >= 15 is 0 Å². The molecule has 0 radical (unpaired) electrons. The summed E-state index contributed by atoms with van der Waals surface area (Å²) < 4.78 is 11.1. The Balaban J connectivity index is 0.00000150. The molecule has 0 aromatic carbocycles. The molecule has 1 saturated heterocycles. The molecule has 0 aromatic rings.